The van der Waals surface area contributed by atoms with Gasteiger partial charge in [-0.15, -0.1) is 0 Å². The number of ketones is 1. The number of carbonyl (C=O) groups is 2. The Morgan fingerprint density at radius 2 is 1.77 bits per heavy atom. The van der Waals surface area contributed by atoms with E-state index in [1.807, 2.05) is 32.9 Å². The summed E-state index contributed by atoms with van der Waals surface area (Å²) in [6.07, 6.45) is 9.78. The van der Waals surface area contributed by atoms with Crippen LogP contribution in [-0.4, -0.2) is 38.8 Å². The van der Waals surface area contributed by atoms with Crippen LogP contribution in [0.1, 0.15) is 78.4 Å². The zero-order valence-electron chi connectivity index (χ0n) is 22.2. The monoisotopic (exact) mass is 486 g/mol. The maximum atomic E-state index is 12.2. The smallest absolute Gasteiger partial charge is 0.303 e. The number of hydrogen-bond acceptors (Lipinski definition) is 6. The van der Waals surface area contributed by atoms with Crippen LogP contribution in [0.2, 0.25) is 0 Å². The lowest BCUT2D eigenvalue weighted by Gasteiger charge is -2.16. The van der Waals surface area contributed by atoms with Gasteiger partial charge in [0.1, 0.15) is 17.6 Å². The second-order valence-corrected chi connectivity index (χ2v) is 10.1. The number of aliphatic hydroxyl groups is 1. The van der Waals surface area contributed by atoms with Gasteiger partial charge in [-0.3, -0.25) is 9.59 Å². The lowest BCUT2D eigenvalue weighted by atomic mass is 9.95. The van der Waals surface area contributed by atoms with Gasteiger partial charge in [-0.25, -0.2) is 0 Å². The number of benzene rings is 1. The normalized spacial score (nSPS) is 14.7. The minimum Gasteiger partial charge on any atom is -0.508 e. The molecule has 194 valence electrons. The number of aryl methyl sites for hydroxylation is 1. The number of aromatic hydroxyl groups is 2. The molecule has 1 rings (SSSR count). The molecule has 1 aromatic rings. The second kappa shape index (κ2) is 13.9. The molecule has 0 spiro atoms. The molecule has 0 saturated heterocycles. The highest BCUT2D eigenvalue weighted by atomic mass is 16.5. The summed E-state index contributed by atoms with van der Waals surface area (Å²) >= 11 is 0. The van der Waals surface area contributed by atoms with Crippen LogP contribution in [0, 0.1) is 12.8 Å². The third-order valence-electron chi connectivity index (χ3n) is 5.69. The van der Waals surface area contributed by atoms with Crippen LogP contribution in [0.4, 0.5) is 0 Å². The molecule has 0 radical (unpaired) electrons. The molecular weight excluding hydrogens is 444 g/mol. The van der Waals surface area contributed by atoms with Crippen molar-refractivity contribution in [2.45, 2.75) is 92.3 Å². The van der Waals surface area contributed by atoms with E-state index < -0.39 is 11.7 Å². The molecule has 2 atom stereocenters. The summed E-state index contributed by atoms with van der Waals surface area (Å²) in [6.45, 7) is 12.2. The van der Waals surface area contributed by atoms with E-state index in [4.69, 9.17) is 4.74 Å². The van der Waals surface area contributed by atoms with Crippen molar-refractivity contribution in [1.82, 2.24) is 0 Å². The number of ether oxygens (including phenoxy) is 1. The van der Waals surface area contributed by atoms with E-state index in [0.29, 0.717) is 24.0 Å². The highest BCUT2D eigenvalue weighted by molar-refractivity contribution is 5.91. The van der Waals surface area contributed by atoms with E-state index in [-0.39, 0.29) is 29.2 Å². The van der Waals surface area contributed by atoms with Gasteiger partial charge < -0.3 is 20.1 Å². The minimum absolute atomic E-state index is 0.000254. The molecule has 1 aromatic carbocycles. The molecule has 0 aliphatic carbocycles. The van der Waals surface area contributed by atoms with Crippen molar-refractivity contribution in [2.75, 3.05) is 0 Å². The standard InChI is InChI=1S/C29H42O6/c1-19(9-8-10-21(3)27(32)13-14-29(6,7)34)15-26(35-23(5)30)16-20(2)11-12-24-18-25(31)17-22(4)28(24)33/h11,13-15,17-18,21,26,31,33-34H,8-10,12,16H2,1-7H3/b14-13+,19-15+,20-11+/t21-,26+/m0/s1. The van der Waals surface area contributed by atoms with Crippen molar-refractivity contribution in [1.29, 1.82) is 0 Å². The first kappa shape index (κ1) is 30.2. The predicted octanol–water partition coefficient (Wildman–Crippen LogP) is 5.87. The first-order valence-corrected chi connectivity index (χ1v) is 12.1. The van der Waals surface area contributed by atoms with Crippen LogP contribution < -0.4 is 0 Å². The van der Waals surface area contributed by atoms with Crippen molar-refractivity contribution in [2.24, 2.45) is 5.92 Å². The molecule has 0 aromatic heterocycles. The van der Waals surface area contributed by atoms with Gasteiger partial charge in [0.2, 0.25) is 0 Å². The largest absolute Gasteiger partial charge is 0.508 e. The van der Waals surface area contributed by atoms with Crippen molar-refractivity contribution in [3.63, 3.8) is 0 Å². The van der Waals surface area contributed by atoms with Crippen molar-refractivity contribution >= 4 is 11.8 Å². The Kier molecular flexibility index (Phi) is 12.0. The van der Waals surface area contributed by atoms with Gasteiger partial charge in [-0.2, -0.15) is 0 Å². The van der Waals surface area contributed by atoms with Gasteiger partial charge in [0, 0.05) is 24.8 Å². The maximum absolute atomic E-state index is 12.2. The Balaban J connectivity index is 2.73. The molecule has 0 fully saturated rings. The van der Waals surface area contributed by atoms with E-state index in [1.165, 1.54) is 25.1 Å². The van der Waals surface area contributed by atoms with Crippen LogP contribution in [0.25, 0.3) is 0 Å². The lowest BCUT2D eigenvalue weighted by molar-refractivity contribution is -0.144. The summed E-state index contributed by atoms with van der Waals surface area (Å²) in [5.74, 6) is -0.205. The van der Waals surface area contributed by atoms with Crippen molar-refractivity contribution in [3.8, 4) is 11.5 Å². The minimum atomic E-state index is -1.00. The number of hydrogen-bond donors (Lipinski definition) is 3. The average molecular weight is 487 g/mol. The van der Waals surface area contributed by atoms with Crippen LogP contribution in [-0.2, 0) is 20.7 Å². The van der Waals surface area contributed by atoms with Gasteiger partial charge >= 0.3 is 5.97 Å². The molecule has 0 amide bonds. The summed E-state index contributed by atoms with van der Waals surface area (Å²) in [5.41, 5.74) is 2.33. The molecule has 0 heterocycles. The van der Waals surface area contributed by atoms with Crippen LogP contribution in [0.15, 0.2) is 47.6 Å². The summed E-state index contributed by atoms with van der Waals surface area (Å²) in [6, 6.07) is 3.06. The third kappa shape index (κ3) is 12.4. The van der Waals surface area contributed by atoms with E-state index in [0.717, 1.165) is 30.4 Å². The highest BCUT2D eigenvalue weighted by Crippen LogP contribution is 2.28. The van der Waals surface area contributed by atoms with Gasteiger partial charge in [0.25, 0.3) is 0 Å². The van der Waals surface area contributed by atoms with E-state index in [2.05, 4.69) is 0 Å². The van der Waals surface area contributed by atoms with Crippen LogP contribution in [0.3, 0.4) is 0 Å². The van der Waals surface area contributed by atoms with Gasteiger partial charge in [-0.05, 0) is 90.2 Å². The molecule has 0 unspecified atom stereocenters. The fourth-order valence-corrected chi connectivity index (χ4v) is 3.70. The Morgan fingerprint density at radius 3 is 2.37 bits per heavy atom. The number of allylic oxidation sites excluding steroid dienone is 3. The Morgan fingerprint density at radius 1 is 1.11 bits per heavy atom. The number of phenols is 2. The van der Waals surface area contributed by atoms with Gasteiger partial charge in [-0.1, -0.05) is 30.2 Å². The number of rotatable bonds is 13. The zero-order valence-corrected chi connectivity index (χ0v) is 22.2. The molecular formula is C29H42O6. The molecule has 35 heavy (non-hydrogen) atoms. The fraction of sp³-hybridized carbons (Fsp3) is 0.517. The lowest BCUT2D eigenvalue weighted by Crippen LogP contribution is -2.16. The summed E-state index contributed by atoms with van der Waals surface area (Å²) in [4.78, 5) is 23.8. The Labute approximate surface area is 210 Å². The molecule has 0 aliphatic heterocycles. The first-order chi connectivity index (χ1) is 16.2. The van der Waals surface area contributed by atoms with Crippen LogP contribution >= 0.6 is 0 Å². The van der Waals surface area contributed by atoms with Crippen molar-refractivity contribution < 1.29 is 29.6 Å². The SMILES string of the molecule is CC(=O)O[C@H](/C=C(\C)CCC[C@H](C)C(=O)/C=C/C(C)(C)O)C/C(C)=C/Cc1cc(O)cc(C)c1O. The number of phenolic OH excluding ortho intramolecular Hbond substituents is 2. The maximum Gasteiger partial charge on any atom is 0.303 e. The first-order valence-electron chi connectivity index (χ1n) is 12.1. The van der Waals surface area contributed by atoms with Gasteiger partial charge in [0.05, 0.1) is 5.60 Å². The van der Waals surface area contributed by atoms with Gasteiger partial charge in [0.15, 0.2) is 5.78 Å². The third-order valence-corrected chi connectivity index (χ3v) is 5.69. The fourth-order valence-electron chi connectivity index (χ4n) is 3.70. The van der Waals surface area contributed by atoms with E-state index >= 15 is 0 Å². The summed E-state index contributed by atoms with van der Waals surface area (Å²) < 4.78 is 5.50. The summed E-state index contributed by atoms with van der Waals surface area (Å²) in [7, 11) is 0. The van der Waals surface area contributed by atoms with Crippen LogP contribution in [0.5, 0.6) is 11.5 Å². The molecule has 0 saturated carbocycles. The molecule has 0 aliphatic rings. The number of esters is 1. The zero-order chi connectivity index (χ0) is 26.8. The van der Waals surface area contributed by atoms with E-state index in [1.54, 1.807) is 26.8 Å². The Hall–Kier alpha value is -2.86. The quantitative estimate of drug-likeness (QED) is 0.139. The molecule has 0 bridgehead atoms. The topological polar surface area (TPSA) is 104 Å². The number of carbonyl (C=O) groups excluding carboxylic acids is 2. The molecule has 6 heteroatoms. The van der Waals surface area contributed by atoms with Crippen molar-refractivity contribution in [3.05, 3.63) is 58.7 Å². The Bertz CT molecular complexity index is 962. The average Bonchev–Trinajstić information content (AvgIpc) is 2.72. The summed E-state index contributed by atoms with van der Waals surface area (Å²) in [5, 5.41) is 29.7. The second-order valence-electron chi connectivity index (χ2n) is 10.1. The molecule has 3 N–H and O–H groups in total. The van der Waals surface area contributed by atoms with E-state index in [9.17, 15) is 24.9 Å². The molecule has 6 nitrogen and oxygen atoms in total. The predicted molar refractivity (Wildman–Crippen MR) is 139 cm³/mol. The highest BCUT2D eigenvalue weighted by Gasteiger charge is 2.14.